The van der Waals surface area contributed by atoms with Gasteiger partial charge in [-0.2, -0.15) is 13.9 Å². The molecule has 1 amide bonds. The van der Waals surface area contributed by atoms with Gasteiger partial charge < -0.3 is 14.2 Å². The highest BCUT2D eigenvalue weighted by Crippen LogP contribution is 2.39. The van der Waals surface area contributed by atoms with Gasteiger partial charge in [0, 0.05) is 5.56 Å². The molecule has 144 valence electrons. The van der Waals surface area contributed by atoms with E-state index in [2.05, 4.69) is 15.3 Å². The second-order valence-electron chi connectivity index (χ2n) is 5.47. The number of ether oxygens (including phenoxy) is 3. The van der Waals surface area contributed by atoms with Gasteiger partial charge in [-0.1, -0.05) is 0 Å². The van der Waals surface area contributed by atoms with Crippen LogP contribution in [0.4, 0.5) is 8.78 Å². The van der Waals surface area contributed by atoms with Crippen LogP contribution in [0, 0.1) is 5.92 Å². The topological polar surface area (TPSA) is 103 Å². The molecule has 0 unspecified atom stereocenters. The third-order valence-corrected chi connectivity index (χ3v) is 5.45. The largest absolute Gasteiger partial charge is 0.493 e. The van der Waals surface area contributed by atoms with E-state index in [4.69, 9.17) is 9.47 Å². The maximum absolute atomic E-state index is 12.5. The molecule has 1 aromatic rings. The van der Waals surface area contributed by atoms with E-state index < -0.39 is 28.3 Å². The number of sulfone groups is 1. The van der Waals surface area contributed by atoms with Crippen molar-refractivity contribution in [2.24, 2.45) is 11.0 Å². The standard InChI is InChI=1S/C15H18F2N2O6S/c1-23-11-5-9(6-12(24-2)13(11)25-15(16)17)7-18-19-14(20)10-3-4-26(21,22)8-10/h5-7,10,15H,3-4,8H2,1-2H3,(H,19,20)/b18-7-/t10-/m1/s1. The normalized spacial score (nSPS) is 18.9. The van der Waals surface area contributed by atoms with Crippen LogP contribution in [0.5, 0.6) is 17.2 Å². The molecule has 1 aliphatic rings. The number of nitrogens with zero attached hydrogens (tertiary/aromatic N) is 1. The lowest BCUT2D eigenvalue weighted by atomic mass is 10.1. The highest BCUT2D eigenvalue weighted by molar-refractivity contribution is 7.91. The van der Waals surface area contributed by atoms with Gasteiger partial charge in [0.2, 0.25) is 11.7 Å². The number of hydrazone groups is 1. The SMILES string of the molecule is COc1cc(/C=N\NC(=O)[C@@H]2CCS(=O)(=O)C2)cc(OC)c1OC(F)F. The molecule has 1 fully saturated rings. The Morgan fingerprint density at radius 3 is 2.38 bits per heavy atom. The number of rotatable bonds is 7. The van der Waals surface area contributed by atoms with Crippen molar-refractivity contribution in [3.05, 3.63) is 17.7 Å². The van der Waals surface area contributed by atoms with Crippen molar-refractivity contribution in [2.75, 3.05) is 25.7 Å². The minimum Gasteiger partial charge on any atom is -0.493 e. The second-order valence-corrected chi connectivity index (χ2v) is 7.70. The van der Waals surface area contributed by atoms with E-state index in [0.717, 1.165) is 0 Å². The predicted molar refractivity (Wildman–Crippen MR) is 88.7 cm³/mol. The third kappa shape index (κ3) is 5.04. The lowest BCUT2D eigenvalue weighted by Crippen LogP contribution is -2.27. The van der Waals surface area contributed by atoms with Crippen LogP contribution in [0.1, 0.15) is 12.0 Å². The molecular formula is C15H18F2N2O6S. The van der Waals surface area contributed by atoms with Gasteiger partial charge >= 0.3 is 6.61 Å². The molecule has 0 aliphatic carbocycles. The van der Waals surface area contributed by atoms with Gasteiger partial charge in [-0.15, -0.1) is 0 Å². The van der Waals surface area contributed by atoms with Gasteiger partial charge in [0.1, 0.15) is 0 Å². The van der Waals surface area contributed by atoms with Crippen LogP contribution in [0.15, 0.2) is 17.2 Å². The van der Waals surface area contributed by atoms with E-state index in [0.29, 0.717) is 5.56 Å². The quantitative estimate of drug-likeness (QED) is 0.552. The van der Waals surface area contributed by atoms with Crippen molar-refractivity contribution >= 4 is 22.0 Å². The van der Waals surface area contributed by atoms with Gasteiger partial charge in [0.05, 0.1) is 37.9 Å². The molecule has 2 rings (SSSR count). The molecule has 8 nitrogen and oxygen atoms in total. The number of carbonyl (C=O) groups is 1. The van der Waals surface area contributed by atoms with Crippen LogP contribution in [0.2, 0.25) is 0 Å². The number of methoxy groups -OCH3 is 2. The Bertz CT molecular complexity index is 772. The van der Waals surface area contributed by atoms with Crippen LogP contribution < -0.4 is 19.6 Å². The van der Waals surface area contributed by atoms with E-state index in [9.17, 15) is 22.0 Å². The number of hydrogen-bond donors (Lipinski definition) is 1. The fourth-order valence-electron chi connectivity index (χ4n) is 2.44. The lowest BCUT2D eigenvalue weighted by Gasteiger charge is -2.14. The molecule has 1 N–H and O–H groups in total. The van der Waals surface area contributed by atoms with Crippen molar-refractivity contribution in [3.63, 3.8) is 0 Å². The molecule has 1 aromatic carbocycles. The number of nitrogens with one attached hydrogen (secondary N) is 1. The molecule has 1 saturated heterocycles. The zero-order valence-electron chi connectivity index (χ0n) is 14.1. The average molecular weight is 392 g/mol. The van der Waals surface area contributed by atoms with Crippen LogP contribution >= 0.6 is 0 Å². The number of amides is 1. The Balaban J connectivity index is 2.11. The minimum absolute atomic E-state index is 0.000636. The fraction of sp³-hybridized carbons (Fsp3) is 0.467. The summed E-state index contributed by atoms with van der Waals surface area (Å²) in [6.45, 7) is -3.06. The van der Waals surface area contributed by atoms with Crippen molar-refractivity contribution < 1.29 is 36.2 Å². The maximum atomic E-state index is 12.5. The molecule has 1 heterocycles. The summed E-state index contributed by atoms with van der Waals surface area (Å²) < 4.78 is 62.2. The number of alkyl halides is 2. The van der Waals surface area contributed by atoms with Gasteiger partial charge in [-0.3, -0.25) is 4.79 Å². The molecular weight excluding hydrogens is 374 g/mol. The van der Waals surface area contributed by atoms with Crippen LogP contribution in [0.3, 0.4) is 0 Å². The fourth-order valence-corrected chi connectivity index (χ4v) is 4.18. The number of carbonyl (C=O) groups excluding carboxylic acids is 1. The van der Waals surface area contributed by atoms with Crippen molar-refractivity contribution in [1.82, 2.24) is 5.43 Å². The second kappa shape index (κ2) is 8.30. The summed E-state index contributed by atoms with van der Waals surface area (Å²) in [6, 6.07) is 2.74. The Morgan fingerprint density at radius 2 is 1.92 bits per heavy atom. The summed E-state index contributed by atoms with van der Waals surface area (Å²) in [6.07, 6.45) is 1.50. The summed E-state index contributed by atoms with van der Waals surface area (Å²) >= 11 is 0. The van der Waals surface area contributed by atoms with Gasteiger partial charge in [0.15, 0.2) is 21.3 Å². The van der Waals surface area contributed by atoms with E-state index in [-0.39, 0.29) is 35.2 Å². The third-order valence-electron chi connectivity index (χ3n) is 3.68. The van der Waals surface area contributed by atoms with E-state index in [1.54, 1.807) is 0 Å². The highest BCUT2D eigenvalue weighted by atomic mass is 32.2. The van der Waals surface area contributed by atoms with E-state index in [1.807, 2.05) is 0 Å². The summed E-state index contributed by atoms with van der Waals surface area (Å²) in [5.41, 5.74) is 2.65. The molecule has 0 bridgehead atoms. The number of hydrogen-bond acceptors (Lipinski definition) is 7. The summed E-state index contributed by atoms with van der Waals surface area (Å²) in [4.78, 5) is 11.9. The summed E-state index contributed by atoms with van der Waals surface area (Å²) in [5, 5.41) is 3.76. The van der Waals surface area contributed by atoms with Crippen LogP contribution in [-0.4, -0.2) is 52.9 Å². The van der Waals surface area contributed by atoms with Crippen molar-refractivity contribution in [2.45, 2.75) is 13.0 Å². The van der Waals surface area contributed by atoms with Crippen molar-refractivity contribution in [3.8, 4) is 17.2 Å². The average Bonchev–Trinajstić information content (AvgIpc) is 2.95. The highest BCUT2D eigenvalue weighted by Gasteiger charge is 2.32. The molecule has 0 aromatic heterocycles. The van der Waals surface area contributed by atoms with E-state index >= 15 is 0 Å². The monoisotopic (exact) mass is 392 g/mol. The zero-order valence-corrected chi connectivity index (χ0v) is 14.9. The molecule has 0 saturated carbocycles. The Morgan fingerprint density at radius 1 is 1.31 bits per heavy atom. The van der Waals surface area contributed by atoms with E-state index in [1.165, 1.54) is 32.6 Å². The van der Waals surface area contributed by atoms with Crippen LogP contribution in [-0.2, 0) is 14.6 Å². The minimum atomic E-state index is -3.17. The first-order valence-electron chi connectivity index (χ1n) is 7.50. The summed E-state index contributed by atoms with van der Waals surface area (Å²) in [5.74, 6) is -1.62. The summed E-state index contributed by atoms with van der Waals surface area (Å²) in [7, 11) is -0.623. The van der Waals surface area contributed by atoms with Gasteiger partial charge in [0.25, 0.3) is 0 Å². The molecule has 11 heteroatoms. The molecule has 1 atom stereocenters. The Labute approximate surface area is 149 Å². The van der Waals surface area contributed by atoms with Gasteiger partial charge in [-0.05, 0) is 18.6 Å². The van der Waals surface area contributed by atoms with Gasteiger partial charge in [-0.25, -0.2) is 13.8 Å². The molecule has 0 spiro atoms. The predicted octanol–water partition coefficient (Wildman–Crippen LogP) is 1.19. The first-order chi connectivity index (χ1) is 12.3. The van der Waals surface area contributed by atoms with Crippen molar-refractivity contribution in [1.29, 1.82) is 0 Å². The smallest absolute Gasteiger partial charge is 0.387 e. The molecule has 1 aliphatic heterocycles. The Hall–Kier alpha value is -2.43. The molecule has 0 radical (unpaired) electrons. The molecule has 26 heavy (non-hydrogen) atoms. The lowest BCUT2D eigenvalue weighted by molar-refractivity contribution is -0.124. The number of benzene rings is 1. The van der Waals surface area contributed by atoms with Crippen LogP contribution in [0.25, 0.3) is 0 Å². The zero-order chi connectivity index (χ0) is 19.3. The Kier molecular flexibility index (Phi) is 6.35. The maximum Gasteiger partial charge on any atom is 0.387 e. The first kappa shape index (κ1) is 19.9. The number of halogens is 2. The first-order valence-corrected chi connectivity index (χ1v) is 9.32.